The number of nitrogens with zero attached hydrogens (tertiary/aromatic N) is 1. The van der Waals surface area contributed by atoms with Crippen LogP contribution < -0.4 is 5.32 Å². The molecule has 0 heterocycles. The Labute approximate surface area is 158 Å². The quantitative estimate of drug-likeness (QED) is 0.753. The number of halogens is 2. The second-order valence-corrected chi connectivity index (χ2v) is 7.07. The van der Waals surface area contributed by atoms with E-state index >= 15 is 0 Å². The molecule has 6 heteroatoms. The Morgan fingerprint density at radius 1 is 1.12 bits per heavy atom. The van der Waals surface area contributed by atoms with Crippen molar-refractivity contribution < 1.29 is 9.53 Å². The van der Waals surface area contributed by atoms with Crippen LogP contribution in [0.2, 0.25) is 10.0 Å². The third-order valence-corrected chi connectivity index (χ3v) is 5.13. The number of amides is 1. The van der Waals surface area contributed by atoms with E-state index in [2.05, 4.69) is 5.32 Å². The molecule has 0 spiro atoms. The highest BCUT2D eigenvalue weighted by molar-refractivity contribution is 6.42. The lowest BCUT2D eigenvalue weighted by Gasteiger charge is -2.39. The predicted octanol–water partition coefficient (Wildman–Crippen LogP) is 5.41. The molecule has 0 aliphatic heterocycles. The number of para-hydroxylation sites is 1. The van der Waals surface area contributed by atoms with Crippen LogP contribution in [0.1, 0.15) is 19.4 Å². The molecule has 0 fully saturated rings. The molecular formula is C19H22Cl2N2O2. The summed E-state index contributed by atoms with van der Waals surface area (Å²) in [6, 6.07) is 14.3. The first kappa shape index (κ1) is 19.6. The molecule has 2 unspecified atom stereocenters. The number of hydrogen-bond acceptors (Lipinski definition) is 3. The standard InChI is InChI=1S/C19H22Cl2N2O2/c1-13(23(3)4)19(2,14-10-11-16(20)17(21)12-14)25-18(24)22-15-8-6-5-7-9-15/h5-13H,1-4H3,(H,22,24). The highest BCUT2D eigenvalue weighted by Gasteiger charge is 2.39. The van der Waals surface area contributed by atoms with Gasteiger partial charge in [-0.05, 0) is 57.8 Å². The highest BCUT2D eigenvalue weighted by atomic mass is 35.5. The normalized spacial score (nSPS) is 14.7. The zero-order valence-corrected chi connectivity index (χ0v) is 16.2. The lowest BCUT2D eigenvalue weighted by Crippen LogP contribution is -2.47. The molecule has 1 amide bonds. The van der Waals surface area contributed by atoms with Crippen molar-refractivity contribution in [2.24, 2.45) is 0 Å². The SMILES string of the molecule is CC(N(C)C)C(C)(OC(=O)Nc1ccccc1)c1ccc(Cl)c(Cl)c1. The number of benzene rings is 2. The van der Waals surface area contributed by atoms with Crippen molar-refractivity contribution >= 4 is 35.0 Å². The second-order valence-electron chi connectivity index (χ2n) is 6.26. The lowest BCUT2D eigenvalue weighted by molar-refractivity contribution is -0.0252. The van der Waals surface area contributed by atoms with E-state index in [-0.39, 0.29) is 6.04 Å². The molecule has 2 aromatic carbocycles. The molecule has 2 rings (SSSR count). The van der Waals surface area contributed by atoms with Crippen LogP contribution in [0.25, 0.3) is 0 Å². The number of anilines is 1. The summed E-state index contributed by atoms with van der Waals surface area (Å²) in [5.74, 6) is 0. The van der Waals surface area contributed by atoms with E-state index in [1.807, 2.05) is 57.1 Å². The number of hydrogen-bond donors (Lipinski definition) is 1. The van der Waals surface area contributed by atoms with Crippen LogP contribution in [0.4, 0.5) is 10.5 Å². The van der Waals surface area contributed by atoms with Crippen molar-refractivity contribution in [1.82, 2.24) is 4.90 Å². The number of likely N-dealkylation sites (N-methyl/N-ethyl adjacent to an activating group) is 1. The molecule has 0 bridgehead atoms. The van der Waals surface area contributed by atoms with Gasteiger partial charge in [0.25, 0.3) is 0 Å². The molecule has 134 valence electrons. The summed E-state index contributed by atoms with van der Waals surface area (Å²) in [4.78, 5) is 14.5. The maximum absolute atomic E-state index is 12.5. The summed E-state index contributed by atoms with van der Waals surface area (Å²) < 4.78 is 5.85. The van der Waals surface area contributed by atoms with Gasteiger partial charge in [0, 0.05) is 5.69 Å². The van der Waals surface area contributed by atoms with Crippen LogP contribution >= 0.6 is 23.2 Å². The third kappa shape index (κ3) is 4.66. The Kier molecular flexibility index (Phi) is 6.33. The number of rotatable bonds is 5. The zero-order valence-electron chi connectivity index (χ0n) is 14.7. The highest BCUT2D eigenvalue weighted by Crippen LogP contribution is 2.35. The summed E-state index contributed by atoms with van der Waals surface area (Å²) >= 11 is 12.2. The van der Waals surface area contributed by atoms with Crippen LogP contribution in [0.3, 0.4) is 0 Å². The number of carbonyl (C=O) groups excluding carboxylic acids is 1. The maximum atomic E-state index is 12.5. The van der Waals surface area contributed by atoms with Crippen molar-refractivity contribution in [1.29, 1.82) is 0 Å². The van der Waals surface area contributed by atoms with Gasteiger partial charge in [-0.3, -0.25) is 5.32 Å². The van der Waals surface area contributed by atoms with Crippen LogP contribution in [0.5, 0.6) is 0 Å². The van der Waals surface area contributed by atoms with Crippen molar-refractivity contribution in [3.05, 3.63) is 64.1 Å². The van der Waals surface area contributed by atoms with E-state index in [9.17, 15) is 4.79 Å². The molecule has 0 radical (unpaired) electrons. The fourth-order valence-electron chi connectivity index (χ4n) is 2.54. The zero-order chi connectivity index (χ0) is 18.6. The van der Waals surface area contributed by atoms with Gasteiger partial charge in [0.2, 0.25) is 0 Å². The summed E-state index contributed by atoms with van der Waals surface area (Å²) in [5.41, 5.74) is 0.518. The van der Waals surface area contributed by atoms with Crippen molar-refractivity contribution in [3.63, 3.8) is 0 Å². The van der Waals surface area contributed by atoms with Gasteiger partial charge in [-0.25, -0.2) is 4.79 Å². The average molecular weight is 381 g/mol. The van der Waals surface area contributed by atoms with Crippen molar-refractivity contribution in [2.75, 3.05) is 19.4 Å². The van der Waals surface area contributed by atoms with Gasteiger partial charge in [-0.15, -0.1) is 0 Å². The van der Waals surface area contributed by atoms with Gasteiger partial charge in [0.1, 0.15) is 0 Å². The predicted molar refractivity (Wildman–Crippen MR) is 104 cm³/mol. The van der Waals surface area contributed by atoms with Crippen LogP contribution in [-0.4, -0.2) is 31.1 Å². The van der Waals surface area contributed by atoms with E-state index in [4.69, 9.17) is 27.9 Å². The van der Waals surface area contributed by atoms with Crippen molar-refractivity contribution in [2.45, 2.75) is 25.5 Å². The van der Waals surface area contributed by atoms with Crippen LogP contribution in [-0.2, 0) is 10.3 Å². The van der Waals surface area contributed by atoms with Gasteiger partial charge in [0.05, 0.1) is 16.1 Å². The van der Waals surface area contributed by atoms with E-state index in [0.717, 1.165) is 5.56 Å². The van der Waals surface area contributed by atoms with Crippen LogP contribution in [0, 0.1) is 0 Å². The number of ether oxygens (including phenoxy) is 1. The molecule has 1 N–H and O–H groups in total. The Morgan fingerprint density at radius 3 is 2.32 bits per heavy atom. The molecule has 2 atom stereocenters. The molecule has 0 aromatic heterocycles. The molecule has 0 aliphatic rings. The third-order valence-electron chi connectivity index (χ3n) is 4.39. The minimum atomic E-state index is -0.920. The topological polar surface area (TPSA) is 41.6 Å². The smallest absolute Gasteiger partial charge is 0.412 e. The monoisotopic (exact) mass is 380 g/mol. The Bertz CT molecular complexity index is 737. The summed E-state index contributed by atoms with van der Waals surface area (Å²) in [7, 11) is 3.86. The van der Waals surface area contributed by atoms with Gasteiger partial charge in [-0.2, -0.15) is 0 Å². The number of nitrogens with one attached hydrogen (secondary N) is 1. The van der Waals surface area contributed by atoms with Gasteiger partial charge >= 0.3 is 6.09 Å². The largest absolute Gasteiger partial charge is 0.436 e. The second kappa shape index (κ2) is 8.09. The first-order valence-corrected chi connectivity index (χ1v) is 8.66. The van der Waals surface area contributed by atoms with Gasteiger partial charge in [-0.1, -0.05) is 47.5 Å². The minimum Gasteiger partial charge on any atom is -0.436 e. The molecule has 2 aromatic rings. The van der Waals surface area contributed by atoms with Crippen LogP contribution in [0.15, 0.2) is 48.5 Å². The Balaban J connectivity index is 2.31. The van der Waals surface area contributed by atoms with Gasteiger partial charge in [0.15, 0.2) is 5.60 Å². The molecule has 0 aliphatic carbocycles. The lowest BCUT2D eigenvalue weighted by atomic mass is 9.88. The average Bonchev–Trinajstić information content (AvgIpc) is 2.57. The first-order valence-electron chi connectivity index (χ1n) is 7.91. The molecule has 0 saturated heterocycles. The summed E-state index contributed by atoms with van der Waals surface area (Å²) in [6.45, 7) is 3.85. The molecule has 25 heavy (non-hydrogen) atoms. The molecule has 4 nitrogen and oxygen atoms in total. The maximum Gasteiger partial charge on any atom is 0.412 e. The van der Waals surface area contributed by atoms with E-state index in [0.29, 0.717) is 15.7 Å². The number of carbonyl (C=O) groups is 1. The summed E-state index contributed by atoms with van der Waals surface area (Å²) in [6.07, 6.45) is -0.534. The Morgan fingerprint density at radius 2 is 1.76 bits per heavy atom. The Hall–Kier alpha value is -1.75. The fraction of sp³-hybridized carbons (Fsp3) is 0.316. The first-order chi connectivity index (χ1) is 11.7. The fourth-order valence-corrected chi connectivity index (χ4v) is 2.84. The van der Waals surface area contributed by atoms with E-state index in [1.165, 1.54) is 0 Å². The minimum absolute atomic E-state index is 0.105. The molecule has 0 saturated carbocycles. The van der Waals surface area contributed by atoms with E-state index < -0.39 is 11.7 Å². The van der Waals surface area contributed by atoms with E-state index in [1.54, 1.807) is 24.3 Å². The van der Waals surface area contributed by atoms with Gasteiger partial charge < -0.3 is 9.64 Å². The molecular weight excluding hydrogens is 359 g/mol. The summed E-state index contributed by atoms with van der Waals surface area (Å²) in [5, 5.41) is 3.63. The van der Waals surface area contributed by atoms with Crippen molar-refractivity contribution in [3.8, 4) is 0 Å².